The number of anilines is 2. The van der Waals surface area contributed by atoms with Crippen LogP contribution in [0.15, 0.2) is 35.8 Å². The molecule has 10 heteroatoms. The van der Waals surface area contributed by atoms with E-state index in [9.17, 15) is 23.9 Å². The minimum Gasteiger partial charge on any atom is -0.481 e. The smallest absolute Gasteiger partial charge is 0.304 e. The van der Waals surface area contributed by atoms with Crippen LogP contribution >= 0.6 is 11.3 Å². The first-order valence-electron chi connectivity index (χ1n) is 13.2. The fraction of sp³-hybridized carbons (Fsp3) is 0.414. The Bertz CT molecular complexity index is 1420. The lowest BCUT2D eigenvalue weighted by Crippen LogP contribution is -2.35. The molecule has 0 spiro atoms. The minimum absolute atomic E-state index is 0.0210. The molecule has 1 saturated carbocycles. The number of carbonyl (C=O) groups excluding carboxylic acids is 2. The Balaban J connectivity index is 1.43. The molecule has 0 bridgehead atoms. The van der Waals surface area contributed by atoms with Crippen LogP contribution in [0.2, 0.25) is 0 Å². The normalized spacial score (nSPS) is 16.3. The molecule has 204 valence electrons. The third-order valence-electron chi connectivity index (χ3n) is 7.78. The molecule has 5 rings (SSSR count). The van der Waals surface area contributed by atoms with Crippen LogP contribution in [0.3, 0.4) is 0 Å². The van der Waals surface area contributed by atoms with Crippen LogP contribution in [0.5, 0.6) is 0 Å². The van der Waals surface area contributed by atoms with Crippen LogP contribution in [0.1, 0.15) is 50.5 Å². The van der Waals surface area contributed by atoms with Gasteiger partial charge in [-0.1, -0.05) is 31.7 Å². The molecule has 1 aliphatic heterocycles. The van der Waals surface area contributed by atoms with Gasteiger partial charge in [-0.25, -0.2) is 14.4 Å². The molecule has 2 aliphatic rings. The van der Waals surface area contributed by atoms with Gasteiger partial charge in [0.15, 0.2) is 5.13 Å². The Morgan fingerprint density at radius 3 is 2.72 bits per heavy atom. The van der Waals surface area contributed by atoms with Crippen molar-refractivity contribution < 1.29 is 23.9 Å². The molecule has 0 saturated heterocycles. The van der Waals surface area contributed by atoms with Gasteiger partial charge in [0.1, 0.15) is 11.6 Å². The van der Waals surface area contributed by atoms with Gasteiger partial charge in [0, 0.05) is 49.1 Å². The van der Waals surface area contributed by atoms with Crippen molar-refractivity contribution in [1.82, 2.24) is 9.97 Å². The highest BCUT2D eigenvalue weighted by Crippen LogP contribution is 2.38. The third-order valence-corrected chi connectivity index (χ3v) is 8.70. The highest BCUT2D eigenvalue weighted by Gasteiger charge is 2.31. The van der Waals surface area contributed by atoms with E-state index in [-0.39, 0.29) is 18.2 Å². The maximum Gasteiger partial charge on any atom is 0.304 e. The monoisotopic (exact) mass is 550 g/mol. The molecule has 3 heterocycles. The summed E-state index contributed by atoms with van der Waals surface area (Å²) in [6.07, 6.45) is 7.32. The van der Waals surface area contributed by atoms with Crippen molar-refractivity contribution in [3.8, 4) is 22.4 Å². The number of pyridine rings is 1. The molecule has 0 unspecified atom stereocenters. The van der Waals surface area contributed by atoms with Crippen LogP contribution in [0, 0.1) is 17.7 Å². The standard InChI is InChI=1S/C29H31FN4O4S/c1-33-25(35)10-7-18-12-20(15-31-27(18)33)22-9-8-21(30)14-23(22)24-16-39-29(32-24)34(2)28(38)19(13-26(36)37)11-17-5-3-4-6-17/h8-9,12,14-17,19H,3-7,10-11,13H2,1-2H3,(H,36,37)/t19-/m1/s1. The molecular weight excluding hydrogens is 519 g/mol. The van der Waals surface area contributed by atoms with Gasteiger partial charge in [-0.05, 0) is 48.1 Å². The Kier molecular flexibility index (Phi) is 7.74. The van der Waals surface area contributed by atoms with Gasteiger partial charge in [-0.15, -0.1) is 11.3 Å². The molecule has 1 fully saturated rings. The average Bonchev–Trinajstić information content (AvgIpc) is 3.62. The van der Waals surface area contributed by atoms with Gasteiger partial charge >= 0.3 is 5.97 Å². The highest BCUT2D eigenvalue weighted by atomic mass is 32.1. The van der Waals surface area contributed by atoms with Crippen molar-refractivity contribution in [3.63, 3.8) is 0 Å². The second kappa shape index (κ2) is 11.2. The summed E-state index contributed by atoms with van der Waals surface area (Å²) in [5, 5.41) is 11.6. The number of nitrogens with zero attached hydrogens (tertiary/aromatic N) is 4. The molecule has 1 aliphatic carbocycles. The number of aliphatic carboxylic acids is 1. The number of hydrogen-bond donors (Lipinski definition) is 1. The summed E-state index contributed by atoms with van der Waals surface area (Å²) in [6.45, 7) is 0. The SMILES string of the molecule is CN(C(=O)[C@@H](CC(=O)O)CC1CCCC1)c1nc(-c2cc(F)ccc2-c2cnc3c(c2)CCC(=O)N3C)cs1. The number of halogens is 1. The Labute approximate surface area is 230 Å². The van der Waals surface area contributed by atoms with Crippen molar-refractivity contribution in [3.05, 3.63) is 47.2 Å². The summed E-state index contributed by atoms with van der Waals surface area (Å²) in [6, 6.07) is 6.46. The summed E-state index contributed by atoms with van der Waals surface area (Å²) in [4.78, 5) is 49.1. The molecule has 2 amide bonds. The molecular formula is C29H31FN4O4S. The van der Waals surface area contributed by atoms with Crippen LogP contribution in [-0.2, 0) is 20.8 Å². The van der Waals surface area contributed by atoms with Gasteiger partial charge in [-0.2, -0.15) is 0 Å². The molecule has 2 aromatic heterocycles. The minimum atomic E-state index is -0.988. The van der Waals surface area contributed by atoms with E-state index in [0.717, 1.165) is 42.4 Å². The summed E-state index contributed by atoms with van der Waals surface area (Å²) >= 11 is 1.26. The fourth-order valence-corrected chi connectivity index (χ4v) is 6.48. The number of thiazole rings is 1. The first kappa shape index (κ1) is 26.9. The third kappa shape index (κ3) is 5.71. The van der Waals surface area contributed by atoms with Gasteiger partial charge < -0.3 is 5.11 Å². The van der Waals surface area contributed by atoms with Crippen LogP contribution < -0.4 is 9.80 Å². The lowest BCUT2D eigenvalue weighted by atomic mass is 9.90. The Hall–Kier alpha value is -3.66. The summed E-state index contributed by atoms with van der Waals surface area (Å²) in [5.74, 6) is -1.26. The number of benzene rings is 1. The molecule has 1 aromatic carbocycles. The molecule has 1 N–H and O–H groups in total. The van der Waals surface area contributed by atoms with E-state index in [4.69, 9.17) is 0 Å². The topological polar surface area (TPSA) is 104 Å². The zero-order valence-corrected chi connectivity index (χ0v) is 22.8. The fourth-order valence-electron chi connectivity index (χ4n) is 5.68. The second-order valence-electron chi connectivity index (χ2n) is 10.4. The van der Waals surface area contributed by atoms with E-state index < -0.39 is 17.7 Å². The van der Waals surface area contributed by atoms with E-state index in [1.54, 1.807) is 36.6 Å². The lowest BCUT2D eigenvalue weighted by Gasteiger charge is -2.25. The van der Waals surface area contributed by atoms with E-state index in [0.29, 0.717) is 47.4 Å². The van der Waals surface area contributed by atoms with Crippen molar-refractivity contribution in [2.45, 2.75) is 51.4 Å². The number of amides is 2. The molecule has 8 nitrogen and oxygen atoms in total. The maximum atomic E-state index is 14.4. The van der Waals surface area contributed by atoms with Crippen LogP contribution in [0.25, 0.3) is 22.4 Å². The van der Waals surface area contributed by atoms with E-state index in [2.05, 4.69) is 9.97 Å². The maximum absolute atomic E-state index is 14.4. The number of carboxylic acid groups (broad SMARTS) is 1. The average molecular weight is 551 g/mol. The first-order chi connectivity index (χ1) is 18.7. The van der Waals surface area contributed by atoms with Crippen molar-refractivity contribution in [1.29, 1.82) is 0 Å². The lowest BCUT2D eigenvalue weighted by molar-refractivity contribution is -0.140. The van der Waals surface area contributed by atoms with Gasteiger partial charge in [-0.3, -0.25) is 24.2 Å². The van der Waals surface area contributed by atoms with Crippen molar-refractivity contribution in [2.24, 2.45) is 11.8 Å². The summed E-state index contributed by atoms with van der Waals surface area (Å²) in [7, 11) is 3.33. The van der Waals surface area contributed by atoms with Gasteiger partial charge in [0.25, 0.3) is 0 Å². The quantitative estimate of drug-likeness (QED) is 0.394. The van der Waals surface area contributed by atoms with E-state index in [1.807, 2.05) is 6.07 Å². The second-order valence-corrected chi connectivity index (χ2v) is 11.3. The summed E-state index contributed by atoms with van der Waals surface area (Å²) in [5.41, 5.74) is 3.54. The van der Waals surface area contributed by atoms with E-state index in [1.165, 1.54) is 28.4 Å². The number of rotatable bonds is 8. The number of aryl methyl sites for hydroxylation is 1. The molecule has 1 atom stereocenters. The molecule has 3 aromatic rings. The van der Waals surface area contributed by atoms with Crippen molar-refractivity contribution in [2.75, 3.05) is 23.9 Å². The van der Waals surface area contributed by atoms with Crippen LogP contribution in [-0.4, -0.2) is 47.0 Å². The highest BCUT2D eigenvalue weighted by molar-refractivity contribution is 7.14. The van der Waals surface area contributed by atoms with Gasteiger partial charge in [0.2, 0.25) is 11.8 Å². The number of aromatic nitrogens is 2. The first-order valence-corrected chi connectivity index (χ1v) is 14.1. The number of carbonyl (C=O) groups is 3. The summed E-state index contributed by atoms with van der Waals surface area (Å²) < 4.78 is 14.4. The molecule has 0 radical (unpaired) electrons. The van der Waals surface area contributed by atoms with Crippen LogP contribution in [0.4, 0.5) is 15.3 Å². The predicted octanol–water partition coefficient (Wildman–Crippen LogP) is 5.55. The predicted molar refractivity (Wildman–Crippen MR) is 148 cm³/mol. The number of hydrogen-bond acceptors (Lipinski definition) is 6. The number of carboxylic acids is 1. The Morgan fingerprint density at radius 2 is 1.97 bits per heavy atom. The molecule has 39 heavy (non-hydrogen) atoms. The zero-order valence-electron chi connectivity index (χ0n) is 22.0. The van der Waals surface area contributed by atoms with Gasteiger partial charge in [0.05, 0.1) is 12.1 Å². The van der Waals surface area contributed by atoms with E-state index >= 15 is 0 Å². The zero-order chi connectivity index (χ0) is 27.7. The number of fused-ring (bicyclic) bond motifs is 1. The Morgan fingerprint density at radius 1 is 1.21 bits per heavy atom. The largest absolute Gasteiger partial charge is 0.481 e. The van der Waals surface area contributed by atoms with Crippen molar-refractivity contribution >= 4 is 40.1 Å².